The summed E-state index contributed by atoms with van der Waals surface area (Å²) in [7, 11) is 0. The summed E-state index contributed by atoms with van der Waals surface area (Å²) in [6.45, 7) is 2.66. The van der Waals surface area contributed by atoms with Gasteiger partial charge < -0.3 is 14.3 Å². The molecule has 0 aliphatic rings. The molecule has 1 aromatic carbocycles. The Balaban J connectivity index is 1.39. The van der Waals surface area contributed by atoms with Gasteiger partial charge in [-0.3, -0.25) is 9.78 Å². The molecule has 0 bridgehead atoms. The number of nitrogens with one attached hydrogen (secondary N) is 1. The lowest BCUT2D eigenvalue weighted by Crippen LogP contribution is -2.24. The number of nitrogens with zero attached hydrogens (tertiary/aromatic N) is 5. The largest absolute Gasteiger partial charge is 0.417 e. The van der Waals surface area contributed by atoms with Crippen molar-refractivity contribution in [3.05, 3.63) is 60.6 Å². The summed E-state index contributed by atoms with van der Waals surface area (Å²) >= 11 is 0. The van der Waals surface area contributed by atoms with Gasteiger partial charge in [0.2, 0.25) is 11.8 Å². The third-order valence-electron chi connectivity index (χ3n) is 4.28. The minimum atomic E-state index is -0.0915. The van der Waals surface area contributed by atoms with E-state index in [0.29, 0.717) is 30.4 Å². The maximum atomic E-state index is 12.0. The SMILES string of the molecule is Cc1nccn1CCC(=O)NCc1nnc(-c2nccc3ccccc23)o1. The van der Waals surface area contributed by atoms with E-state index in [9.17, 15) is 4.79 Å². The van der Waals surface area contributed by atoms with Crippen molar-refractivity contribution in [2.45, 2.75) is 26.4 Å². The molecule has 8 nitrogen and oxygen atoms in total. The van der Waals surface area contributed by atoms with Crippen LogP contribution in [0.3, 0.4) is 0 Å². The zero-order valence-corrected chi connectivity index (χ0v) is 14.8. The minimum absolute atomic E-state index is 0.0915. The molecule has 4 aromatic rings. The Morgan fingerprint density at radius 1 is 1.15 bits per heavy atom. The molecule has 8 heteroatoms. The highest BCUT2D eigenvalue weighted by Gasteiger charge is 2.13. The molecule has 0 spiro atoms. The van der Waals surface area contributed by atoms with E-state index in [1.54, 1.807) is 12.4 Å². The first kappa shape index (κ1) is 16.9. The number of amides is 1. The van der Waals surface area contributed by atoms with E-state index in [2.05, 4.69) is 25.5 Å². The molecule has 1 amide bonds. The molecule has 0 saturated carbocycles. The van der Waals surface area contributed by atoms with Crippen molar-refractivity contribution in [2.75, 3.05) is 0 Å². The van der Waals surface area contributed by atoms with Crippen LogP contribution in [0.2, 0.25) is 0 Å². The van der Waals surface area contributed by atoms with Gasteiger partial charge in [0.1, 0.15) is 11.5 Å². The van der Waals surface area contributed by atoms with Crippen LogP contribution in [-0.4, -0.2) is 30.6 Å². The van der Waals surface area contributed by atoms with Gasteiger partial charge in [-0.25, -0.2) is 4.98 Å². The highest BCUT2D eigenvalue weighted by Crippen LogP contribution is 2.25. The van der Waals surface area contributed by atoms with E-state index in [1.165, 1.54) is 0 Å². The summed E-state index contributed by atoms with van der Waals surface area (Å²) in [5.74, 6) is 1.47. The van der Waals surface area contributed by atoms with Crippen LogP contribution in [0, 0.1) is 6.92 Å². The van der Waals surface area contributed by atoms with Crippen LogP contribution in [0.15, 0.2) is 53.3 Å². The van der Waals surface area contributed by atoms with Crippen molar-refractivity contribution in [1.82, 2.24) is 30.0 Å². The van der Waals surface area contributed by atoms with Crippen molar-refractivity contribution < 1.29 is 9.21 Å². The zero-order valence-electron chi connectivity index (χ0n) is 14.8. The molecule has 3 heterocycles. The molecule has 0 unspecified atom stereocenters. The first-order valence-corrected chi connectivity index (χ1v) is 8.61. The summed E-state index contributed by atoms with van der Waals surface area (Å²) in [5, 5.41) is 12.9. The molecular weight excluding hydrogens is 344 g/mol. The van der Waals surface area contributed by atoms with E-state index >= 15 is 0 Å². The number of aromatic nitrogens is 5. The number of fused-ring (bicyclic) bond motifs is 1. The normalized spacial score (nSPS) is 11.0. The Labute approximate surface area is 155 Å². The van der Waals surface area contributed by atoms with Gasteiger partial charge in [0.15, 0.2) is 0 Å². The standard InChI is InChI=1S/C19H18N6O2/c1-13-20-9-11-25(13)10-7-16(26)22-12-17-23-24-19(27-17)18-15-5-3-2-4-14(15)6-8-21-18/h2-6,8-9,11H,7,10,12H2,1H3,(H,22,26). The highest BCUT2D eigenvalue weighted by atomic mass is 16.4. The van der Waals surface area contributed by atoms with E-state index in [-0.39, 0.29) is 12.5 Å². The number of aryl methyl sites for hydroxylation is 2. The second kappa shape index (κ2) is 7.36. The fraction of sp³-hybridized carbons (Fsp3) is 0.211. The van der Waals surface area contributed by atoms with Crippen molar-refractivity contribution in [3.63, 3.8) is 0 Å². The topological polar surface area (TPSA) is 98.7 Å². The fourth-order valence-electron chi connectivity index (χ4n) is 2.84. The molecule has 1 N–H and O–H groups in total. The number of benzene rings is 1. The van der Waals surface area contributed by atoms with Gasteiger partial charge in [0, 0.05) is 36.9 Å². The van der Waals surface area contributed by atoms with E-state index in [4.69, 9.17) is 4.42 Å². The molecule has 4 rings (SSSR count). The number of carbonyl (C=O) groups is 1. The number of carbonyl (C=O) groups excluding carboxylic acids is 1. The van der Waals surface area contributed by atoms with Crippen LogP contribution in [0.5, 0.6) is 0 Å². The van der Waals surface area contributed by atoms with Gasteiger partial charge in [0.25, 0.3) is 5.89 Å². The molecule has 27 heavy (non-hydrogen) atoms. The Bertz CT molecular complexity index is 1080. The molecule has 0 aliphatic carbocycles. The average Bonchev–Trinajstić information content (AvgIpc) is 3.33. The van der Waals surface area contributed by atoms with Crippen LogP contribution in [0.4, 0.5) is 0 Å². The highest BCUT2D eigenvalue weighted by molar-refractivity contribution is 5.92. The first-order chi connectivity index (χ1) is 13.2. The molecule has 0 atom stereocenters. The zero-order chi connectivity index (χ0) is 18.6. The van der Waals surface area contributed by atoms with Crippen LogP contribution in [-0.2, 0) is 17.9 Å². The van der Waals surface area contributed by atoms with E-state index in [0.717, 1.165) is 16.6 Å². The molecule has 3 aromatic heterocycles. The fourth-order valence-corrected chi connectivity index (χ4v) is 2.84. The Morgan fingerprint density at radius 3 is 2.89 bits per heavy atom. The molecule has 0 fully saturated rings. The van der Waals surface area contributed by atoms with Crippen molar-refractivity contribution in [3.8, 4) is 11.6 Å². The van der Waals surface area contributed by atoms with Gasteiger partial charge in [-0.05, 0) is 18.4 Å². The maximum Gasteiger partial charge on any atom is 0.266 e. The van der Waals surface area contributed by atoms with Crippen molar-refractivity contribution >= 4 is 16.7 Å². The molecular formula is C19H18N6O2. The van der Waals surface area contributed by atoms with Crippen LogP contribution in [0.25, 0.3) is 22.4 Å². The van der Waals surface area contributed by atoms with Crippen LogP contribution >= 0.6 is 0 Å². The average molecular weight is 362 g/mol. The Kier molecular flexibility index (Phi) is 4.61. The van der Waals surface area contributed by atoms with Gasteiger partial charge in [0.05, 0.1) is 6.54 Å². The second-order valence-electron chi connectivity index (χ2n) is 6.08. The molecule has 0 radical (unpaired) electrons. The van der Waals surface area contributed by atoms with Crippen LogP contribution < -0.4 is 5.32 Å². The van der Waals surface area contributed by atoms with E-state index in [1.807, 2.05) is 48.0 Å². The smallest absolute Gasteiger partial charge is 0.266 e. The number of rotatable bonds is 6. The summed E-state index contributed by atoms with van der Waals surface area (Å²) in [6, 6.07) is 9.79. The third-order valence-corrected chi connectivity index (χ3v) is 4.28. The predicted molar refractivity (Wildman–Crippen MR) is 98.5 cm³/mol. The minimum Gasteiger partial charge on any atom is -0.417 e. The predicted octanol–water partition coefficient (Wildman–Crippen LogP) is 2.50. The van der Waals surface area contributed by atoms with Crippen LogP contribution in [0.1, 0.15) is 18.1 Å². The lowest BCUT2D eigenvalue weighted by atomic mass is 10.1. The quantitative estimate of drug-likeness (QED) is 0.566. The van der Waals surface area contributed by atoms with Gasteiger partial charge in [-0.15, -0.1) is 10.2 Å². The van der Waals surface area contributed by atoms with Gasteiger partial charge in [-0.2, -0.15) is 0 Å². The number of pyridine rings is 1. The van der Waals surface area contributed by atoms with Crippen molar-refractivity contribution in [2.24, 2.45) is 0 Å². The third kappa shape index (κ3) is 3.69. The lowest BCUT2D eigenvalue weighted by Gasteiger charge is -2.05. The Hall–Kier alpha value is -3.55. The van der Waals surface area contributed by atoms with Gasteiger partial charge in [-0.1, -0.05) is 24.3 Å². The first-order valence-electron chi connectivity index (χ1n) is 8.61. The monoisotopic (exact) mass is 362 g/mol. The summed E-state index contributed by atoms with van der Waals surface area (Å²) < 4.78 is 7.61. The lowest BCUT2D eigenvalue weighted by molar-refractivity contribution is -0.121. The summed E-state index contributed by atoms with van der Waals surface area (Å²) in [6.07, 6.45) is 5.63. The molecule has 0 saturated heterocycles. The number of hydrogen-bond donors (Lipinski definition) is 1. The second-order valence-corrected chi connectivity index (χ2v) is 6.08. The number of imidazole rings is 1. The number of hydrogen-bond acceptors (Lipinski definition) is 6. The Morgan fingerprint density at radius 2 is 2.04 bits per heavy atom. The molecule has 136 valence electrons. The maximum absolute atomic E-state index is 12.0. The summed E-state index contributed by atoms with van der Waals surface area (Å²) in [4.78, 5) is 20.5. The molecule has 0 aliphatic heterocycles. The summed E-state index contributed by atoms with van der Waals surface area (Å²) in [5.41, 5.74) is 0.633. The van der Waals surface area contributed by atoms with Crippen molar-refractivity contribution in [1.29, 1.82) is 0 Å². The van der Waals surface area contributed by atoms with E-state index < -0.39 is 0 Å². The van der Waals surface area contributed by atoms with Gasteiger partial charge >= 0.3 is 0 Å².